The molecule has 1 aromatic heterocycles. The maximum atomic E-state index is 12.6. The van der Waals surface area contributed by atoms with Gasteiger partial charge in [-0.25, -0.2) is 0 Å². The maximum absolute atomic E-state index is 12.6. The van der Waals surface area contributed by atoms with Crippen LogP contribution in [0.5, 0.6) is 0 Å². The van der Waals surface area contributed by atoms with Gasteiger partial charge >= 0.3 is 18.0 Å². The maximum Gasteiger partial charge on any atom is 0.416 e. The van der Waals surface area contributed by atoms with Gasteiger partial charge in [-0.05, 0) is 17.7 Å². The standard InChI is InChI=1S/C17H12F3N3O2/c18-17(19,20)13-8-6-12(7-9-13)14-22-16(25-23-14)15(24)21-10-11-4-2-1-3-5-11/h1-9H,10H2,(H,21,24). The van der Waals surface area contributed by atoms with Crippen molar-refractivity contribution in [2.45, 2.75) is 12.7 Å². The molecular formula is C17H12F3N3O2. The molecule has 8 heteroatoms. The molecule has 3 aromatic rings. The normalized spacial score (nSPS) is 11.3. The van der Waals surface area contributed by atoms with Crippen molar-refractivity contribution in [2.75, 3.05) is 0 Å². The van der Waals surface area contributed by atoms with Gasteiger partial charge in [0, 0.05) is 12.1 Å². The predicted octanol–water partition coefficient (Wildman–Crippen LogP) is 3.69. The van der Waals surface area contributed by atoms with Crippen molar-refractivity contribution in [2.24, 2.45) is 0 Å². The van der Waals surface area contributed by atoms with Crippen LogP contribution < -0.4 is 5.32 Å². The third-order valence-corrected chi connectivity index (χ3v) is 3.39. The number of halogens is 3. The second-order valence-corrected chi connectivity index (χ2v) is 5.17. The van der Waals surface area contributed by atoms with Gasteiger partial charge in [0.1, 0.15) is 0 Å². The van der Waals surface area contributed by atoms with E-state index in [0.717, 1.165) is 17.7 Å². The van der Waals surface area contributed by atoms with Crippen molar-refractivity contribution < 1.29 is 22.5 Å². The lowest BCUT2D eigenvalue weighted by atomic mass is 10.1. The van der Waals surface area contributed by atoms with Crippen LogP contribution in [0.4, 0.5) is 13.2 Å². The third-order valence-electron chi connectivity index (χ3n) is 3.39. The SMILES string of the molecule is O=C(NCc1ccccc1)c1nc(-c2ccc(C(F)(F)F)cc2)no1. The van der Waals surface area contributed by atoms with Gasteiger partial charge in [0.15, 0.2) is 0 Å². The summed E-state index contributed by atoms with van der Waals surface area (Å²) in [5.41, 5.74) is 0.442. The van der Waals surface area contributed by atoms with Crippen LogP contribution in [0.2, 0.25) is 0 Å². The number of carbonyl (C=O) groups excluding carboxylic acids is 1. The van der Waals surface area contributed by atoms with Gasteiger partial charge in [-0.2, -0.15) is 18.2 Å². The smallest absolute Gasteiger partial charge is 0.344 e. The van der Waals surface area contributed by atoms with E-state index in [2.05, 4.69) is 15.5 Å². The Morgan fingerprint density at radius 3 is 2.36 bits per heavy atom. The van der Waals surface area contributed by atoms with Crippen molar-refractivity contribution in [1.82, 2.24) is 15.5 Å². The van der Waals surface area contributed by atoms with E-state index in [1.54, 1.807) is 0 Å². The molecule has 0 saturated carbocycles. The number of alkyl halides is 3. The third kappa shape index (κ3) is 4.03. The largest absolute Gasteiger partial charge is 0.416 e. The van der Waals surface area contributed by atoms with E-state index in [9.17, 15) is 18.0 Å². The van der Waals surface area contributed by atoms with Crippen LogP contribution in [0.1, 0.15) is 21.8 Å². The molecule has 0 saturated heterocycles. The molecule has 0 aliphatic heterocycles. The highest BCUT2D eigenvalue weighted by molar-refractivity contribution is 5.89. The van der Waals surface area contributed by atoms with Crippen LogP contribution >= 0.6 is 0 Å². The Kier molecular flexibility index (Phi) is 4.51. The van der Waals surface area contributed by atoms with Gasteiger partial charge in [0.25, 0.3) is 0 Å². The van der Waals surface area contributed by atoms with E-state index < -0.39 is 17.6 Å². The topological polar surface area (TPSA) is 68.0 Å². The Morgan fingerprint density at radius 2 is 1.72 bits per heavy atom. The molecule has 128 valence electrons. The average molecular weight is 347 g/mol. The summed E-state index contributed by atoms with van der Waals surface area (Å²) in [4.78, 5) is 15.9. The van der Waals surface area contributed by atoms with Crippen molar-refractivity contribution in [3.05, 3.63) is 71.6 Å². The zero-order valence-electron chi connectivity index (χ0n) is 12.7. The number of hydrogen-bond donors (Lipinski definition) is 1. The first-order valence-electron chi connectivity index (χ1n) is 7.27. The summed E-state index contributed by atoms with van der Waals surface area (Å²) in [5, 5.41) is 6.25. The number of amides is 1. The number of aromatic nitrogens is 2. The Balaban J connectivity index is 1.68. The zero-order chi connectivity index (χ0) is 17.9. The molecule has 0 aliphatic carbocycles. The molecule has 0 spiro atoms. The van der Waals surface area contributed by atoms with Crippen LogP contribution in [-0.2, 0) is 12.7 Å². The predicted molar refractivity (Wildman–Crippen MR) is 82.3 cm³/mol. The first-order valence-corrected chi connectivity index (χ1v) is 7.27. The van der Waals surface area contributed by atoms with Gasteiger partial charge in [-0.1, -0.05) is 47.6 Å². The van der Waals surface area contributed by atoms with Gasteiger partial charge in [-0.3, -0.25) is 4.79 Å². The monoisotopic (exact) mass is 347 g/mol. The van der Waals surface area contributed by atoms with Crippen LogP contribution in [0.25, 0.3) is 11.4 Å². The molecule has 0 bridgehead atoms. The van der Waals surface area contributed by atoms with E-state index in [-0.39, 0.29) is 18.3 Å². The second-order valence-electron chi connectivity index (χ2n) is 5.17. The highest BCUT2D eigenvalue weighted by Gasteiger charge is 2.30. The van der Waals surface area contributed by atoms with E-state index in [1.165, 1.54) is 12.1 Å². The average Bonchev–Trinajstić information content (AvgIpc) is 3.10. The van der Waals surface area contributed by atoms with Gasteiger partial charge in [-0.15, -0.1) is 0 Å². The fourth-order valence-electron chi connectivity index (χ4n) is 2.10. The highest BCUT2D eigenvalue weighted by atomic mass is 19.4. The number of nitrogens with zero attached hydrogens (tertiary/aromatic N) is 2. The summed E-state index contributed by atoms with van der Waals surface area (Å²) < 4.78 is 42.5. The van der Waals surface area contributed by atoms with E-state index in [0.29, 0.717) is 5.56 Å². The van der Waals surface area contributed by atoms with Gasteiger partial charge < -0.3 is 9.84 Å². The van der Waals surface area contributed by atoms with Crippen LogP contribution in [0.3, 0.4) is 0 Å². The van der Waals surface area contributed by atoms with Crippen molar-refractivity contribution in [1.29, 1.82) is 0 Å². The molecule has 0 atom stereocenters. The summed E-state index contributed by atoms with van der Waals surface area (Å²) >= 11 is 0. The Labute approximate surface area is 140 Å². The van der Waals surface area contributed by atoms with Gasteiger partial charge in [0.05, 0.1) is 5.56 Å². The molecule has 25 heavy (non-hydrogen) atoms. The molecule has 1 N–H and O–H groups in total. The summed E-state index contributed by atoms with van der Waals surface area (Å²) in [6.45, 7) is 0.289. The van der Waals surface area contributed by atoms with Crippen LogP contribution in [0.15, 0.2) is 59.1 Å². The summed E-state index contributed by atoms with van der Waals surface area (Å²) in [6.07, 6.45) is -4.42. The molecule has 0 radical (unpaired) electrons. The quantitative estimate of drug-likeness (QED) is 0.782. The van der Waals surface area contributed by atoms with E-state index in [1.807, 2.05) is 30.3 Å². The molecule has 2 aromatic carbocycles. The van der Waals surface area contributed by atoms with Crippen molar-refractivity contribution in [3.63, 3.8) is 0 Å². The molecular weight excluding hydrogens is 335 g/mol. The molecule has 0 unspecified atom stereocenters. The fourth-order valence-corrected chi connectivity index (χ4v) is 2.10. The van der Waals surface area contributed by atoms with Crippen LogP contribution in [-0.4, -0.2) is 16.0 Å². The second kappa shape index (κ2) is 6.76. The zero-order valence-corrected chi connectivity index (χ0v) is 12.7. The van der Waals surface area contributed by atoms with Crippen molar-refractivity contribution >= 4 is 5.91 Å². The lowest BCUT2D eigenvalue weighted by Crippen LogP contribution is -2.23. The minimum Gasteiger partial charge on any atom is -0.344 e. The van der Waals surface area contributed by atoms with E-state index in [4.69, 9.17) is 4.52 Å². The van der Waals surface area contributed by atoms with Crippen molar-refractivity contribution in [3.8, 4) is 11.4 Å². The minimum absolute atomic E-state index is 0.0404. The number of rotatable bonds is 4. The Morgan fingerprint density at radius 1 is 1.04 bits per heavy atom. The number of benzene rings is 2. The summed E-state index contributed by atoms with van der Waals surface area (Å²) in [7, 11) is 0. The first-order chi connectivity index (χ1) is 11.9. The Hall–Kier alpha value is -3.16. The number of nitrogens with one attached hydrogen (secondary N) is 1. The molecule has 0 aliphatic rings. The minimum atomic E-state index is -4.42. The fraction of sp³-hybridized carbons (Fsp3) is 0.118. The summed E-state index contributed by atoms with van der Waals surface area (Å²) in [6, 6.07) is 13.5. The first kappa shape index (κ1) is 16.7. The molecule has 0 fully saturated rings. The van der Waals surface area contributed by atoms with Gasteiger partial charge in [0.2, 0.25) is 5.82 Å². The molecule has 1 heterocycles. The molecule has 5 nitrogen and oxygen atoms in total. The number of hydrogen-bond acceptors (Lipinski definition) is 4. The molecule has 3 rings (SSSR count). The summed E-state index contributed by atoms with van der Waals surface area (Å²) in [5.74, 6) is -0.779. The van der Waals surface area contributed by atoms with Crippen LogP contribution in [0, 0.1) is 0 Å². The lowest BCUT2D eigenvalue weighted by Gasteiger charge is -2.05. The molecule has 1 amide bonds. The Bertz CT molecular complexity index is 859. The van der Waals surface area contributed by atoms with E-state index >= 15 is 0 Å². The number of carbonyl (C=O) groups is 1. The highest BCUT2D eigenvalue weighted by Crippen LogP contribution is 2.30. The lowest BCUT2D eigenvalue weighted by molar-refractivity contribution is -0.137.